The lowest BCUT2D eigenvalue weighted by molar-refractivity contribution is -0.146. The van der Waals surface area contributed by atoms with E-state index in [2.05, 4.69) is 4.98 Å². The molecule has 102 valence electrons. The minimum absolute atomic E-state index is 0.343. The van der Waals surface area contributed by atoms with E-state index >= 15 is 0 Å². The van der Waals surface area contributed by atoms with E-state index in [4.69, 9.17) is 5.11 Å². The van der Waals surface area contributed by atoms with Crippen LogP contribution in [-0.4, -0.2) is 26.9 Å². The van der Waals surface area contributed by atoms with Gasteiger partial charge in [0, 0.05) is 35.3 Å². The Hall–Kier alpha value is -2.47. The van der Waals surface area contributed by atoms with Crippen LogP contribution in [0, 0.1) is 0 Å². The topological polar surface area (TPSA) is 87.5 Å². The molecule has 5 nitrogen and oxygen atoms in total. The Bertz CT molecular complexity index is 661. The first-order valence-corrected chi connectivity index (χ1v) is 6.65. The van der Waals surface area contributed by atoms with Crippen LogP contribution in [0.4, 0.5) is 0 Å². The third-order valence-electron chi connectivity index (χ3n) is 2.59. The lowest BCUT2D eigenvalue weighted by atomic mass is 10.1. The van der Waals surface area contributed by atoms with Gasteiger partial charge in [0.2, 0.25) is 0 Å². The summed E-state index contributed by atoms with van der Waals surface area (Å²) >= 11 is 1.36. The maximum absolute atomic E-state index is 11.1. The van der Waals surface area contributed by atoms with Crippen LogP contribution < -0.4 is 0 Å². The van der Waals surface area contributed by atoms with Gasteiger partial charge in [-0.1, -0.05) is 6.07 Å². The SMILES string of the molecule is O=C(O)C(=O)C=C(O)c1cscc1Cc1ccccn1. The Morgan fingerprint density at radius 1 is 1.25 bits per heavy atom. The van der Waals surface area contributed by atoms with E-state index in [9.17, 15) is 14.7 Å². The van der Waals surface area contributed by atoms with Crippen molar-refractivity contribution in [2.24, 2.45) is 0 Å². The maximum Gasteiger partial charge on any atom is 0.376 e. The van der Waals surface area contributed by atoms with Crippen LogP contribution in [0.15, 0.2) is 41.2 Å². The van der Waals surface area contributed by atoms with Crippen molar-refractivity contribution in [2.75, 3.05) is 0 Å². The molecule has 0 fully saturated rings. The largest absolute Gasteiger partial charge is 0.507 e. The number of carboxylic acid groups (broad SMARTS) is 1. The summed E-state index contributed by atoms with van der Waals surface area (Å²) in [6.07, 6.45) is 2.89. The molecule has 0 aliphatic carbocycles. The van der Waals surface area contributed by atoms with Gasteiger partial charge in [-0.05, 0) is 23.1 Å². The van der Waals surface area contributed by atoms with Crippen LogP contribution in [0.25, 0.3) is 5.76 Å². The van der Waals surface area contributed by atoms with Crippen LogP contribution in [0.5, 0.6) is 0 Å². The van der Waals surface area contributed by atoms with Crippen molar-refractivity contribution in [1.29, 1.82) is 0 Å². The smallest absolute Gasteiger partial charge is 0.376 e. The van der Waals surface area contributed by atoms with Gasteiger partial charge in [-0.2, -0.15) is 11.3 Å². The van der Waals surface area contributed by atoms with E-state index in [0.29, 0.717) is 18.1 Å². The fourth-order valence-corrected chi connectivity index (χ4v) is 2.50. The van der Waals surface area contributed by atoms with Gasteiger partial charge in [0.25, 0.3) is 5.78 Å². The predicted molar refractivity (Wildman–Crippen MR) is 74.6 cm³/mol. The summed E-state index contributed by atoms with van der Waals surface area (Å²) in [6, 6.07) is 5.52. The highest BCUT2D eigenvalue weighted by molar-refractivity contribution is 7.08. The third-order valence-corrected chi connectivity index (χ3v) is 3.39. The van der Waals surface area contributed by atoms with Gasteiger partial charge in [0.1, 0.15) is 5.76 Å². The molecule has 20 heavy (non-hydrogen) atoms. The molecule has 0 aromatic carbocycles. The summed E-state index contributed by atoms with van der Waals surface area (Å²) in [5.41, 5.74) is 2.07. The monoisotopic (exact) mass is 289 g/mol. The highest BCUT2D eigenvalue weighted by Gasteiger charge is 2.14. The molecular weight excluding hydrogens is 278 g/mol. The average molecular weight is 289 g/mol. The van der Waals surface area contributed by atoms with Crippen molar-refractivity contribution in [3.05, 3.63) is 58.1 Å². The number of aliphatic hydroxyl groups excluding tert-OH is 1. The number of pyridine rings is 1. The molecule has 2 aromatic heterocycles. The number of carbonyl (C=O) groups is 2. The number of rotatable bonds is 5. The molecule has 2 N–H and O–H groups in total. The van der Waals surface area contributed by atoms with Gasteiger partial charge >= 0.3 is 5.97 Å². The summed E-state index contributed by atoms with van der Waals surface area (Å²) in [7, 11) is 0. The second-order valence-electron chi connectivity index (χ2n) is 4.01. The number of carboxylic acids is 1. The summed E-state index contributed by atoms with van der Waals surface area (Å²) in [5, 5.41) is 21.9. The van der Waals surface area contributed by atoms with Gasteiger partial charge in [0.05, 0.1) is 0 Å². The number of aromatic nitrogens is 1. The Labute approximate surface area is 118 Å². The Morgan fingerprint density at radius 2 is 2.05 bits per heavy atom. The van der Waals surface area contributed by atoms with Crippen LogP contribution in [0.3, 0.4) is 0 Å². The van der Waals surface area contributed by atoms with Crippen molar-refractivity contribution in [3.63, 3.8) is 0 Å². The highest BCUT2D eigenvalue weighted by Crippen LogP contribution is 2.24. The summed E-state index contributed by atoms with van der Waals surface area (Å²) in [5.74, 6) is -3.10. The van der Waals surface area contributed by atoms with E-state index < -0.39 is 11.8 Å². The molecular formula is C14H11NO4S. The van der Waals surface area contributed by atoms with Crippen LogP contribution >= 0.6 is 11.3 Å². The van der Waals surface area contributed by atoms with E-state index in [0.717, 1.165) is 11.3 Å². The molecule has 2 heterocycles. The Balaban J connectivity index is 2.25. The summed E-state index contributed by atoms with van der Waals surface area (Å²) < 4.78 is 0. The molecule has 6 heteroatoms. The fourth-order valence-electron chi connectivity index (χ4n) is 1.65. The van der Waals surface area contributed by atoms with E-state index in [1.54, 1.807) is 17.6 Å². The van der Waals surface area contributed by atoms with Crippen molar-refractivity contribution in [3.8, 4) is 0 Å². The minimum Gasteiger partial charge on any atom is -0.507 e. The van der Waals surface area contributed by atoms with Crippen LogP contribution in [0.2, 0.25) is 0 Å². The molecule has 0 unspecified atom stereocenters. The van der Waals surface area contributed by atoms with Gasteiger partial charge in [-0.3, -0.25) is 9.78 Å². The van der Waals surface area contributed by atoms with Gasteiger partial charge < -0.3 is 10.2 Å². The van der Waals surface area contributed by atoms with E-state index in [-0.39, 0.29) is 5.76 Å². The van der Waals surface area contributed by atoms with Crippen molar-refractivity contribution in [1.82, 2.24) is 4.98 Å². The third kappa shape index (κ3) is 3.30. The minimum atomic E-state index is -1.60. The van der Waals surface area contributed by atoms with E-state index in [1.807, 2.05) is 17.5 Å². The standard InChI is InChI=1S/C14H11NO4S/c16-12(6-13(17)14(18)19)11-8-20-7-9(11)5-10-3-1-2-4-15-10/h1-4,6-8,16H,5H2,(H,18,19). The molecule has 0 saturated heterocycles. The Kier molecular flexibility index (Phi) is 4.27. The van der Waals surface area contributed by atoms with Gasteiger partial charge in [-0.15, -0.1) is 0 Å². The number of nitrogens with zero attached hydrogens (tertiary/aromatic N) is 1. The quantitative estimate of drug-likeness (QED) is 0.501. The zero-order valence-corrected chi connectivity index (χ0v) is 11.1. The molecule has 0 saturated carbocycles. The zero-order valence-electron chi connectivity index (χ0n) is 10.3. The number of hydrogen-bond acceptors (Lipinski definition) is 5. The maximum atomic E-state index is 11.1. The first-order chi connectivity index (χ1) is 9.58. The van der Waals surface area contributed by atoms with Crippen LogP contribution in [-0.2, 0) is 16.0 Å². The molecule has 0 aliphatic heterocycles. The molecule has 0 atom stereocenters. The van der Waals surface area contributed by atoms with E-state index in [1.165, 1.54) is 11.3 Å². The number of ketones is 1. The Morgan fingerprint density at radius 3 is 2.70 bits per heavy atom. The lowest BCUT2D eigenvalue weighted by Crippen LogP contribution is -2.09. The first kappa shape index (κ1) is 14.0. The normalized spacial score (nSPS) is 11.3. The predicted octanol–water partition coefficient (Wildman–Crippen LogP) is 2.29. The number of aliphatic carboxylic acids is 1. The second-order valence-corrected chi connectivity index (χ2v) is 4.75. The summed E-state index contributed by atoms with van der Waals surface area (Å²) in [6.45, 7) is 0. The fraction of sp³-hybridized carbons (Fsp3) is 0.0714. The zero-order chi connectivity index (χ0) is 14.5. The molecule has 0 spiro atoms. The highest BCUT2D eigenvalue weighted by atomic mass is 32.1. The molecule has 2 rings (SSSR count). The summed E-state index contributed by atoms with van der Waals surface area (Å²) in [4.78, 5) is 25.7. The van der Waals surface area contributed by atoms with Gasteiger partial charge in [-0.25, -0.2) is 4.79 Å². The second kappa shape index (κ2) is 6.12. The molecule has 0 amide bonds. The average Bonchev–Trinajstić information content (AvgIpc) is 2.88. The number of aliphatic hydroxyl groups is 1. The van der Waals surface area contributed by atoms with Crippen molar-refractivity contribution in [2.45, 2.75) is 6.42 Å². The first-order valence-electron chi connectivity index (χ1n) is 5.71. The molecule has 0 radical (unpaired) electrons. The number of thiophene rings is 1. The van der Waals surface area contributed by atoms with Gasteiger partial charge in [0.15, 0.2) is 0 Å². The lowest BCUT2D eigenvalue weighted by Gasteiger charge is -2.03. The number of carbonyl (C=O) groups excluding carboxylic acids is 1. The van der Waals surface area contributed by atoms with Crippen molar-refractivity contribution < 1.29 is 19.8 Å². The molecule has 0 bridgehead atoms. The van der Waals surface area contributed by atoms with Crippen molar-refractivity contribution >= 4 is 28.8 Å². The number of hydrogen-bond donors (Lipinski definition) is 2. The van der Waals surface area contributed by atoms with Crippen LogP contribution in [0.1, 0.15) is 16.8 Å². The molecule has 2 aromatic rings. The molecule has 0 aliphatic rings.